The number of H-pyrrole nitrogens is 1. The molecule has 68 valence electrons. The number of pyridine rings is 1. The Morgan fingerprint density at radius 3 is 2.54 bits per heavy atom. The molecule has 3 nitrogen and oxygen atoms in total. The summed E-state index contributed by atoms with van der Waals surface area (Å²) in [5.41, 5.74) is 2.70. The molecule has 0 amide bonds. The van der Waals surface area contributed by atoms with Crippen LogP contribution in [0.25, 0.3) is 0 Å². The molecule has 0 spiro atoms. The molecule has 1 aromatic heterocycles. The number of hydrogen-bond donors (Lipinski definition) is 1. The maximum atomic E-state index is 11.3. The third kappa shape index (κ3) is 1.48. The number of aromatic nitrogens is 1. The first-order valence-electron chi connectivity index (χ1n) is 4.24. The van der Waals surface area contributed by atoms with Crippen LogP contribution in [0.15, 0.2) is 4.79 Å². The van der Waals surface area contributed by atoms with Crippen molar-refractivity contribution in [2.24, 2.45) is 0 Å². The number of aryl methyl sites for hydroxylation is 1. The van der Waals surface area contributed by atoms with Crippen molar-refractivity contribution in [1.29, 1.82) is 5.26 Å². The Hall–Kier alpha value is -1.56. The number of hydrogen-bond acceptors (Lipinski definition) is 2. The first kappa shape index (κ1) is 9.53. The predicted molar refractivity (Wildman–Crippen MR) is 50.6 cm³/mol. The van der Waals surface area contributed by atoms with E-state index in [1.165, 1.54) is 0 Å². The van der Waals surface area contributed by atoms with Crippen molar-refractivity contribution < 1.29 is 0 Å². The fraction of sp³-hybridized carbons (Fsp3) is 0.400. The second kappa shape index (κ2) is 3.44. The lowest BCUT2D eigenvalue weighted by molar-refractivity contribution is 0.993. The van der Waals surface area contributed by atoms with Crippen molar-refractivity contribution in [3.63, 3.8) is 0 Å². The van der Waals surface area contributed by atoms with E-state index >= 15 is 0 Å². The highest BCUT2D eigenvalue weighted by Gasteiger charge is 2.09. The Bertz CT molecular complexity index is 424. The summed E-state index contributed by atoms with van der Waals surface area (Å²) in [5, 5.41) is 8.74. The Morgan fingerprint density at radius 2 is 2.08 bits per heavy atom. The zero-order valence-corrected chi connectivity index (χ0v) is 8.06. The van der Waals surface area contributed by atoms with E-state index < -0.39 is 0 Å². The van der Waals surface area contributed by atoms with Gasteiger partial charge >= 0.3 is 0 Å². The maximum Gasteiger partial charge on any atom is 0.266 e. The summed E-state index contributed by atoms with van der Waals surface area (Å²) in [4.78, 5) is 14.0. The van der Waals surface area contributed by atoms with Gasteiger partial charge in [-0.25, -0.2) is 0 Å². The molecule has 1 rings (SSSR count). The largest absolute Gasteiger partial charge is 0.325 e. The third-order valence-electron chi connectivity index (χ3n) is 2.27. The summed E-state index contributed by atoms with van der Waals surface area (Å²) in [6.45, 7) is 5.68. The van der Waals surface area contributed by atoms with Gasteiger partial charge < -0.3 is 4.98 Å². The average molecular weight is 176 g/mol. The SMILES string of the molecule is CCc1c(C)[nH]c(=O)c(C#N)c1C. The van der Waals surface area contributed by atoms with Crippen LogP contribution in [0.1, 0.15) is 29.3 Å². The fourth-order valence-electron chi connectivity index (χ4n) is 1.58. The summed E-state index contributed by atoms with van der Waals surface area (Å²) in [6.07, 6.45) is 0.836. The minimum Gasteiger partial charge on any atom is -0.325 e. The monoisotopic (exact) mass is 176 g/mol. The van der Waals surface area contributed by atoms with E-state index in [0.29, 0.717) is 0 Å². The normalized spacial score (nSPS) is 9.69. The van der Waals surface area contributed by atoms with Crippen molar-refractivity contribution in [3.8, 4) is 6.07 Å². The van der Waals surface area contributed by atoms with Crippen molar-refractivity contribution >= 4 is 0 Å². The van der Waals surface area contributed by atoms with E-state index in [-0.39, 0.29) is 11.1 Å². The highest BCUT2D eigenvalue weighted by molar-refractivity contribution is 5.41. The molecule has 0 unspecified atom stereocenters. The van der Waals surface area contributed by atoms with Crippen LogP contribution in [0.4, 0.5) is 0 Å². The lowest BCUT2D eigenvalue weighted by Crippen LogP contribution is -2.16. The Labute approximate surface area is 77.0 Å². The maximum absolute atomic E-state index is 11.3. The Morgan fingerprint density at radius 1 is 1.46 bits per heavy atom. The number of nitriles is 1. The quantitative estimate of drug-likeness (QED) is 0.703. The third-order valence-corrected chi connectivity index (χ3v) is 2.27. The molecular weight excluding hydrogens is 164 g/mol. The lowest BCUT2D eigenvalue weighted by atomic mass is 10.0. The minimum atomic E-state index is -0.283. The van der Waals surface area contributed by atoms with Gasteiger partial charge in [0.05, 0.1) is 0 Å². The second-order valence-corrected chi connectivity index (χ2v) is 3.02. The van der Waals surface area contributed by atoms with Crippen LogP contribution in [0.5, 0.6) is 0 Å². The zero-order valence-electron chi connectivity index (χ0n) is 8.06. The van der Waals surface area contributed by atoms with Gasteiger partial charge in [-0.15, -0.1) is 0 Å². The molecule has 0 bridgehead atoms. The van der Waals surface area contributed by atoms with Crippen LogP contribution in [-0.2, 0) is 6.42 Å². The lowest BCUT2D eigenvalue weighted by Gasteiger charge is -2.07. The number of rotatable bonds is 1. The van der Waals surface area contributed by atoms with E-state index in [2.05, 4.69) is 4.98 Å². The predicted octanol–water partition coefficient (Wildman–Crippen LogP) is 1.43. The van der Waals surface area contributed by atoms with E-state index in [1.54, 1.807) is 0 Å². The molecular formula is C10H12N2O. The van der Waals surface area contributed by atoms with E-state index in [4.69, 9.17) is 5.26 Å². The van der Waals surface area contributed by atoms with Gasteiger partial charge in [0.1, 0.15) is 11.6 Å². The molecule has 0 saturated heterocycles. The number of aromatic amines is 1. The molecule has 0 aliphatic rings. The van der Waals surface area contributed by atoms with Crippen LogP contribution in [-0.4, -0.2) is 4.98 Å². The number of nitrogens with one attached hydrogen (secondary N) is 1. The highest BCUT2D eigenvalue weighted by Crippen LogP contribution is 2.12. The molecule has 0 radical (unpaired) electrons. The van der Waals surface area contributed by atoms with Crippen molar-refractivity contribution in [2.45, 2.75) is 27.2 Å². The van der Waals surface area contributed by atoms with Gasteiger partial charge in [0.2, 0.25) is 0 Å². The highest BCUT2D eigenvalue weighted by atomic mass is 16.1. The topological polar surface area (TPSA) is 56.6 Å². The summed E-state index contributed by atoms with van der Waals surface area (Å²) < 4.78 is 0. The Kier molecular flexibility index (Phi) is 2.52. The number of nitrogens with zero attached hydrogens (tertiary/aromatic N) is 1. The van der Waals surface area contributed by atoms with Gasteiger partial charge in [0.15, 0.2) is 0 Å². The summed E-state index contributed by atoms with van der Waals surface area (Å²) in [5.74, 6) is 0. The molecule has 0 aliphatic carbocycles. The molecule has 0 aliphatic heterocycles. The van der Waals surface area contributed by atoms with Crippen LogP contribution < -0.4 is 5.56 Å². The molecule has 3 heteroatoms. The van der Waals surface area contributed by atoms with Gasteiger partial charge in [0, 0.05) is 5.69 Å². The molecule has 1 aromatic rings. The van der Waals surface area contributed by atoms with Gasteiger partial charge in [-0.05, 0) is 31.4 Å². The van der Waals surface area contributed by atoms with Crippen LogP contribution in [0, 0.1) is 25.2 Å². The van der Waals surface area contributed by atoms with Gasteiger partial charge in [0.25, 0.3) is 5.56 Å². The van der Waals surface area contributed by atoms with Gasteiger partial charge in [-0.3, -0.25) is 4.79 Å². The van der Waals surface area contributed by atoms with Gasteiger partial charge in [-0.2, -0.15) is 5.26 Å². The fourth-order valence-corrected chi connectivity index (χ4v) is 1.58. The second-order valence-electron chi connectivity index (χ2n) is 3.02. The smallest absolute Gasteiger partial charge is 0.266 e. The van der Waals surface area contributed by atoms with Crippen molar-refractivity contribution in [2.75, 3.05) is 0 Å². The molecule has 13 heavy (non-hydrogen) atoms. The first-order chi connectivity index (χ1) is 6.11. The van der Waals surface area contributed by atoms with Crippen molar-refractivity contribution in [3.05, 3.63) is 32.7 Å². The summed E-state index contributed by atoms with van der Waals surface area (Å²) in [7, 11) is 0. The van der Waals surface area contributed by atoms with Gasteiger partial charge in [-0.1, -0.05) is 6.92 Å². The van der Waals surface area contributed by atoms with Crippen molar-refractivity contribution in [1.82, 2.24) is 4.98 Å². The van der Waals surface area contributed by atoms with E-state index in [1.807, 2.05) is 26.8 Å². The summed E-state index contributed by atoms with van der Waals surface area (Å²) >= 11 is 0. The van der Waals surface area contributed by atoms with Crippen LogP contribution in [0.3, 0.4) is 0 Å². The zero-order chi connectivity index (χ0) is 10.0. The Balaban J connectivity index is 3.60. The minimum absolute atomic E-state index is 0.238. The van der Waals surface area contributed by atoms with E-state index in [0.717, 1.165) is 23.2 Å². The molecule has 0 saturated carbocycles. The average Bonchev–Trinajstić information content (AvgIpc) is 2.04. The van der Waals surface area contributed by atoms with Crippen LogP contribution in [0.2, 0.25) is 0 Å². The molecule has 0 aromatic carbocycles. The molecule has 0 fully saturated rings. The van der Waals surface area contributed by atoms with Crippen LogP contribution >= 0.6 is 0 Å². The van der Waals surface area contributed by atoms with E-state index in [9.17, 15) is 4.79 Å². The summed E-state index contributed by atoms with van der Waals surface area (Å²) in [6, 6.07) is 1.92. The molecule has 1 N–H and O–H groups in total. The first-order valence-corrected chi connectivity index (χ1v) is 4.24. The molecule has 0 atom stereocenters. The molecule has 1 heterocycles. The standard InChI is InChI=1S/C10H12N2O/c1-4-8-6(2)9(5-11)10(13)12-7(8)3/h4H2,1-3H3,(H,12,13).